The minimum Gasteiger partial charge on any atom is -0.311 e. The summed E-state index contributed by atoms with van der Waals surface area (Å²) < 4.78 is 29.6. The molecule has 0 spiro atoms. The lowest BCUT2D eigenvalue weighted by Crippen LogP contribution is -2.49. The predicted molar refractivity (Wildman–Crippen MR) is 117 cm³/mol. The van der Waals surface area contributed by atoms with Gasteiger partial charge in [-0.3, -0.25) is 4.79 Å². The van der Waals surface area contributed by atoms with Crippen LogP contribution in [0.3, 0.4) is 0 Å². The van der Waals surface area contributed by atoms with Gasteiger partial charge in [0.05, 0.1) is 4.90 Å². The Bertz CT molecular complexity index is 1250. The average molecular weight is 441 g/mol. The van der Waals surface area contributed by atoms with E-state index in [9.17, 15) is 13.2 Å². The molecule has 5 nitrogen and oxygen atoms in total. The molecule has 2 atom stereocenters. The lowest BCUT2D eigenvalue weighted by Gasteiger charge is -2.42. The summed E-state index contributed by atoms with van der Waals surface area (Å²) in [4.78, 5) is 13.5. The largest absolute Gasteiger partial charge is 0.311 e. The number of piperidine rings is 1. The fraction of sp³-hybridized carbons (Fsp3) is 0.261. The summed E-state index contributed by atoms with van der Waals surface area (Å²) in [6, 6.07) is 19.7. The number of pyridine rings is 1. The van der Waals surface area contributed by atoms with Crippen LogP contribution in [-0.4, -0.2) is 30.4 Å². The molecule has 3 aromatic rings. The normalized spacial score (nSPS) is 21.2. The summed E-state index contributed by atoms with van der Waals surface area (Å²) in [5.41, 5.74) is 2.37. The first-order chi connectivity index (χ1) is 14.4. The van der Waals surface area contributed by atoms with Crippen LogP contribution in [0.2, 0.25) is 5.02 Å². The summed E-state index contributed by atoms with van der Waals surface area (Å²) in [6.45, 7) is 1.37. The first-order valence-electron chi connectivity index (χ1n) is 9.98. The molecule has 1 aromatic heterocycles. The highest BCUT2D eigenvalue weighted by atomic mass is 35.5. The Morgan fingerprint density at radius 1 is 0.867 bits per heavy atom. The molecular formula is C23H21ClN2O3S. The van der Waals surface area contributed by atoms with Crippen molar-refractivity contribution in [1.82, 2.24) is 8.87 Å². The van der Waals surface area contributed by atoms with Crippen LogP contribution in [0.1, 0.15) is 18.0 Å². The molecule has 1 saturated heterocycles. The molecule has 0 saturated carbocycles. The molecule has 3 heterocycles. The number of benzene rings is 2. The zero-order valence-corrected chi connectivity index (χ0v) is 17.8. The number of aromatic nitrogens is 1. The lowest BCUT2D eigenvalue weighted by atomic mass is 9.84. The van der Waals surface area contributed by atoms with E-state index in [0.29, 0.717) is 35.1 Å². The monoisotopic (exact) mass is 440 g/mol. The molecule has 0 unspecified atom stereocenters. The van der Waals surface area contributed by atoms with E-state index >= 15 is 0 Å². The van der Waals surface area contributed by atoms with Crippen molar-refractivity contribution in [2.45, 2.75) is 23.8 Å². The summed E-state index contributed by atoms with van der Waals surface area (Å²) in [5.74, 6) is 0.135. The zero-order chi connectivity index (χ0) is 20.9. The molecule has 7 heteroatoms. The van der Waals surface area contributed by atoms with E-state index in [2.05, 4.69) is 0 Å². The smallest absolute Gasteiger partial charge is 0.258 e. The van der Waals surface area contributed by atoms with Gasteiger partial charge in [-0.1, -0.05) is 41.9 Å². The Morgan fingerprint density at radius 3 is 2.33 bits per heavy atom. The highest BCUT2D eigenvalue weighted by molar-refractivity contribution is 7.89. The number of halogens is 1. The van der Waals surface area contributed by atoms with Crippen molar-refractivity contribution in [2.24, 2.45) is 5.92 Å². The van der Waals surface area contributed by atoms with Crippen LogP contribution in [0.5, 0.6) is 0 Å². The molecule has 2 aromatic carbocycles. The molecule has 30 heavy (non-hydrogen) atoms. The Hall–Kier alpha value is -2.41. The maximum absolute atomic E-state index is 13.2. The summed E-state index contributed by atoms with van der Waals surface area (Å²) in [6.07, 6.45) is 0.903. The summed E-state index contributed by atoms with van der Waals surface area (Å²) in [7, 11) is -3.54. The number of nitrogens with zero attached hydrogens (tertiary/aromatic N) is 2. The molecule has 2 aliphatic heterocycles. The maximum Gasteiger partial charge on any atom is 0.258 e. The molecule has 0 radical (unpaired) electrons. The van der Waals surface area contributed by atoms with Gasteiger partial charge in [-0.25, -0.2) is 8.42 Å². The summed E-state index contributed by atoms with van der Waals surface area (Å²) >= 11 is 5.98. The van der Waals surface area contributed by atoms with Gasteiger partial charge in [0.15, 0.2) is 0 Å². The third-order valence-corrected chi connectivity index (χ3v) is 8.20. The van der Waals surface area contributed by atoms with E-state index in [4.69, 9.17) is 11.6 Å². The van der Waals surface area contributed by atoms with Crippen LogP contribution in [0, 0.1) is 5.92 Å². The third kappa shape index (κ3) is 3.29. The quantitative estimate of drug-likeness (QED) is 0.619. The first kappa shape index (κ1) is 19.5. The molecule has 2 aliphatic rings. The topological polar surface area (TPSA) is 59.4 Å². The standard InChI is InChI=1S/C23H21ClN2O3S/c24-19-8-6-17(7-9-19)21-10-11-22-18-12-16(14-26(22)23(21)27)13-25(15-18)30(28,29)20-4-2-1-3-5-20/h1-11,16,18H,12-15H2/t16-,18-/m1/s1. The molecule has 154 valence electrons. The van der Waals surface area contributed by atoms with Crippen molar-refractivity contribution >= 4 is 21.6 Å². The third-order valence-electron chi connectivity index (χ3n) is 6.11. The van der Waals surface area contributed by atoms with Crippen LogP contribution >= 0.6 is 11.6 Å². The van der Waals surface area contributed by atoms with Crippen molar-refractivity contribution in [1.29, 1.82) is 0 Å². The fourth-order valence-corrected chi connectivity index (χ4v) is 6.40. The van der Waals surface area contributed by atoms with Gasteiger partial charge in [-0.2, -0.15) is 4.31 Å². The van der Waals surface area contributed by atoms with Gasteiger partial charge in [0, 0.05) is 41.8 Å². The highest BCUT2D eigenvalue weighted by Crippen LogP contribution is 2.37. The summed E-state index contributed by atoms with van der Waals surface area (Å²) in [5, 5.41) is 0.631. The Morgan fingerprint density at radius 2 is 1.60 bits per heavy atom. The van der Waals surface area contributed by atoms with Gasteiger partial charge < -0.3 is 4.57 Å². The van der Waals surface area contributed by atoms with Crippen molar-refractivity contribution in [2.75, 3.05) is 13.1 Å². The van der Waals surface area contributed by atoms with Gasteiger partial charge in [0.25, 0.3) is 5.56 Å². The Kier molecular flexibility index (Phi) is 4.81. The van der Waals surface area contributed by atoms with E-state index in [1.807, 2.05) is 34.9 Å². The SMILES string of the molecule is O=c1c(-c2ccc(Cl)cc2)ccc2n1C[C@@H]1C[C@@H]2CN(S(=O)(=O)c2ccccc2)C1. The first-order valence-corrected chi connectivity index (χ1v) is 11.8. The van der Waals surface area contributed by atoms with Crippen LogP contribution in [0.4, 0.5) is 0 Å². The number of hydrogen-bond acceptors (Lipinski definition) is 3. The second-order valence-corrected chi connectivity index (χ2v) is 10.4. The van der Waals surface area contributed by atoms with E-state index < -0.39 is 10.0 Å². The Labute approximate surface area is 180 Å². The van der Waals surface area contributed by atoms with Gasteiger partial charge in [0.1, 0.15) is 0 Å². The number of rotatable bonds is 3. The molecule has 0 aliphatic carbocycles. The van der Waals surface area contributed by atoms with Crippen molar-refractivity contribution in [3.05, 3.63) is 87.8 Å². The second-order valence-electron chi connectivity index (χ2n) is 8.03. The highest BCUT2D eigenvalue weighted by Gasteiger charge is 2.39. The Balaban J connectivity index is 1.50. The maximum atomic E-state index is 13.2. The minimum atomic E-state index is -3.54. The number of hydrogen-bond donors (Lipinski definition) is 0. The zero-order valence-electron chi connectivity index (χ0n) is 16.2. The van der Waals surface area contributed by atoms with Gasteiger partial charge in [0.2, 0.25) is 10.0 Å². The molecule has 2 bridgehead atoms. The fourth-order valence-electron chi connectivity index (χ4n) is 4.69. The van der Waals surface area contributed by atoms with E-state index in [-0.39, 0.29) is 17.4 Å². The predicted octanol–water partition coefficient (Wildman–Crippen LogP) is 3.98. The van der Waals surface area contributed by atoms with Crippen LogP contribution in [-0.2, 0) is 16.6 Å². The van der Waals surface area contributed by atoms with Gasteiger partial charge in [-0.15, -0.1) is 0 Å². The second kappa shape index (κ2) is 7.38. The molecule has 5 rings (SSSR count). The lowest BCUT2D eigenvalue weighted by molar-refractivity contribution is 0.186. The number of fused-ring (bicyclic) bond motifs is 4. The average Bonchev–Trinajstić information content (AvgIpc) is 2.76. The molecule has 0 N–H and O–H groups in total. The van der Waals surface area contributed by atoms with E-state index in [1.54, 1.807) is 40.7 Å². The van der Waals surface area contributed by atoms with E-state index in [1.165, 1.54) is 0 Å². The van der Waals surface area contributed by atoms with Gasteiger partial charge >= 0.3 is 0 Å². The van der Waals surface area contributed by atoms with Crippen LogP contribution in [0.25, 0.3) is 11.1 Å². The van der Waals surface area contributed by atoms with Crippen molar-refractivity contribution in [3.8, 4) is 11.1 Å². The molecule has 0 amide bonds. The molecule has 1 fully saturated rings. The minimum absolute atomic E-state index is 0.0166. The van der Waals surface area contributed by atoms with E-state index in [0.717, 1.165) is 17.7 Å². The number of sulfonamides is 1. The van der Waals surface area contributed by atoms with Crippen molar-refractivity contribution in [3.63, 3.8) is 0 Å². The van der Waals surface area contributed by atoms with Crippen molar-refractivity contribution < 1.29 is 8.42 Å². The van der Waals surface area contributed by atoms with Crippen LogP contribution in [0.15, 0.2) is 76.4 Å². The van der Waals surface area contributed by atoms with Gasteiger partial charge in [-0.05, 0) is 54.3 Å². The van der Waals surface area contributed by atoms with Crippen LogP contribution < -0.4 is 5.56 Å². The molecular weight excluding hydrogens is 420 g/mol.